The number of piperazine rings is 1. The van der Waals surface area contributed by atoms with Gasteiger partial charge in [0.05, 0.1) is 12.4 Å². The summed E-state index contributed by atoms with van der Waals surface area (Å²) in [5.41, 5.74) is 1.27. The Kier molecular flexibility index (Phi) is 5.13. The fraction of sp³-hybridized carbons (Fsp3) is 0.444. The first-order valence-electron chi connectivity index (χ1n) is 8.32. The largest absolute Gasteiger partial charge is 0.486 e. The number of nitrogens with one attached hydrogen (secondary N) is 1. The molecule has 0 spiro atoms. The molecule has 1 aliphatic rings. The van der Waals surface area contributed by atoms with Gasteiger partial charge in [-0.25, -0.2) is 18.7 Å². The number of anilines is 1. The van der Waals surface area contributed by atoms with Gasteiger partial charge in [-0.15, -0.1) is 0 Å². The highest BCUT2D eigenvalue weighted by molar-refractivity contribution is 5.37. The maximum atomic E-state index is 13.8. The van der Waals surface area contributed by atoms with E-state index in [1.54, 1.807) is 31.5 Å². The van der Waals surface area contributed by atoms with Gasteiger partial charge in [0.25, 0.3) is 5.92 Å². The van der Waals surface area contributed by atoms with Crippen LogP contribution >= 0.6 is 0 Å². The number of ether oxygens (including phenoxy) is 1. The molecular formula is C18H22F2N4O. The van der Waals surface area contributed by atoms with Crippen molar-refractivity contribution in [1.29, 1.82) is 0 Å². The molecule has 0 aliphatic carbocycles. The second-order valence-corrected chi connectivity index (χ2v) is 6.23. The third kappa shape index (κ3) is 4.22. The molecule has 1 aromatic carbocycles. The Bertz CT molecular complexity index is 710. The van der Waals surface area contributed by atoms with Gasteiger partial charge in [0, 0.05) is 44.2 Å². The Morgan fingerprint density at radius 3 is 2.52 bits per heavy atom. The van der Waals surface area contributed by atoms with Gasteiger partial charge in [-0.2, -0.15) is 0 Å². The molecule has 0 radical (unpaired) electrons. The third-order valence-corrected chi connectivity index (χ3v) is 4.28. The van der Waals surface area contributed by atoms with Crippen molar-refractivity contribution < 1.29 is 13.5 Å². The van der Waals surface area contributed by atoms with E-state index in [-0.39, 0.29) is 12.2 Å². The van der Waals surface area contributed by atoms with Crippen molar-refractivity contribution in [3.8, 4) is 5.75 Å². The van der Waals surface area contributed by atoms with E-state index in [1.807, 2.05) is 0 Å². The minimum Gasteiger partial charge on any atom is -0.486 e. The maximum Gasteiger partial charge on any atom is 0.270 e. The average molecular weight is 348 g/mol. The summed E-state index contributed by atoms with van der Waals surface area (Å²) in [6.45, 7) is 6.29. The SMILES string of the molecule is Cc1cccc(C(C)(F)F)c1COc1cnc(N2CCNCC2)nc1. The number of alkyl halides is 2. The molecule has 1 aliphatic heterocycles. The Morgan fingerprint density at radius 2 is 1.88 bits per heavy atom. The first kappa shape index (κ1) is 17.5. The molecule has 2 aromatic rings. The van der Waals surface area contributed by atoms with E-state index in [0.717, 1.165) is 38.7 Å². The second-order valence-electron chi connectivity index (χ2n) is 6.23. The van der Waals surface area contributed by atoms with Crippen LogP contribution in [0.1, 0.15) is 23.6 Å². The number of aromatic nitrogens is 2. The third-order valence-electron chi connectivity index (χ3n) is 4.28. The zero-order valence-corrected chi connectivity index (χ0v) is 14.4. The highest BCUT2D eigenvalue weighted by Crippen LogP contribution is 2.32. The van der Waals surface area contributed by atoms with Crippen molar-refractivity contribution in [3.63, 3.8) is 0 Å². The topological polar surface area (TPSA) is 50.3 Å². The van der Waals surface area contributed by atoms with Gasteiger partial charge in [0.15, 0.2) is 5.75 Å². The van der Waals surface area contributed by atoms with Crippen molar-refractivity contribution in [1.82, 2.24) is 15.3 Å². The Balaban J connectivity index is 1.70. The maximum absolute atomic E-state index is 13.8. The van der Waals surface area contributed by atoms with Gasteiger partial charge in [-0.1, -0.05) is 18.2 Å². The second kappa shape index (κ2) is 7.31. The van der Waals surface area contributed by atoms with Crippen LogP contribution in [0.15, 0.2) is 30.6 Å². The molecule has 7 heteroatoms. The predicted octanol–water partition coefficient (Wildman–Crippen LogP) is 2.89. The van der Waals surface area contributed by atoms with Crippen LogP contribution < -0.4 is 15.0 Å². The molecule has 0 saturated carbocycles. The first-order valence-corrected chi connectivity index (χ1v) is 8.32. The zero-order valence-electron chi connectivity index (χ0n) is 14.4. The summed E-state index contributed by atoms with van der Waals surface area (Å²) in [5.74, 6) is -1.79. The quantitative estimate of drug-likeness (QED) is 0.900. The molecule has 1 saturated heterocycles. The molecule has 1 fully saturated rings. The van der Waals surface area contributed by atoms with Crippen molar-refractivity contribution >= 4 is 5.95 Å². The lowest BCUT2D eigenvalue weighted by Gasteiger charge is -2.27. The summed E-state index contributed by atoms with van der Waals surface area (Å²) in [5, 5.41) is 3.27. The molecular weight excluding hydrogens is 326 g/mol. The first-order chi connectivity index (χ1) is 11.9. The van der Waals surface area contributed by atoms with Gasteiger partial charge >= 0.3 is 0 Å². The summed E-state index contributed by atoms with van der Waals surface area (Å²) in [6, 6.07) is 4.88. The van der Waals surface area contributed by atoms with E-state index >= 15 is 0 Å². The zero-order chi connectivity index (χ0) is 17.9. The lowest BCUT2D eigenvalue weighted by molar-refractivity contribution is 0.0155. The number of halogens is 2. The predicted molar refractivity (Wildman–Crippen MR) is 92.2 cm³/mol. The number of benzene rings is 1. The summed E-state index contributed by atoms with van der Waals surface area (Å²) in [4.78, 5) is 10.7. The standard InChI is InChI=1S/C18H22F2N4O/c1-13-4-3-5-16(18(2,19)20)15(13)12-25-14-10-22-17(23-11-14)24-8-6-21-7-9-24/h3-5,10-11,21H,6-9,12H2,1-2H3. The molecule has 0 amide bonds. The van der Waals surface area contributed by atoms with Gasteiger partial charge in [-0.3, -0.25) is 0 Å². The minimum atomic E-state index is -2.91. The van der Waals surface area contributed by atoms with Crippen LogP contribution in [0.2, 0.25) is 0 Å². The molecule has 0 bridgehead atoms. The van der Waals surface area contributed by atoms with E-state index in [2.05, 4.69) is 20.2 Å². The molecule has 0 unspecified atom stereocenters. The van der Waals surface area contributed by atoms with Crippen LogP contribution in [-0.2, 0) is 12.5 Å². The van der Waals surface area contributed by atoms with E-state index in [0.29, 0.717) is 17.3 Å². The van der Waals surface area contributed by atoms with Crippen molar-refractivity contribution in [2.45, 2.75) is 26.4 Å². The highest BCUT2D eigenvalue weighted by Gasteiger charge is 2.28. The van der Waals surface area contributed by atoms with Crippen molar-refractivity contribution in [2.24, 2.45) is 0 Å². The minimum absolute atomic E-state index is 0.00847. The van der Waals surface area contributed by atoms with Crippen molar-refractivity contribution in [3.05, 3.63) is 47.3 Å². The van der Waals surface area contributed by atoms with Gasteiger partial charge < -0.3 is 15.0 Å². The Hall–Kier alpha value is -2.28. The molecule has 3 rings (SSSR count). The van der Waals surface area contributed by atoms with E-state index < -0.39 is 5.92 Å². The monoisotopic (exact) mass is 348 g/mol. The highest BCUT2D eigenvalue weighted by atomic mass is 19.3. The van der Waals surface area contributed by atoms with Crippen molar-refractivity contribution in [2.75, 3.05) is 31.1 Å². The summed E-state index contributed by atoms with van der Waals surface area (Å²) in [7, 11) is 0. The van der Waals surface area contributed by atoms with Crippen LogP contribution in [0.4, 0.5) is 14.7 Å². The smallest absolute Gasteiger partial charge is 0.270 e. The van der Waals surface area contributed by atoms with Gasteiger partial charge in [-0.05, 0) is 12.5 Å². The molecule has 134 valence electrons. The summed E-state index contributed by atoms with van der Waals surface area (Å²) in [6.07, 6.45) is 3.18. The molecule has 5 nitrogen and oxygen atoms in total. The van der Waals surface area contributed by atoms with Gasteiger partial charge in [0.1, 0.15) is 6.61 Å². The average Bonchev–Trinajstić information content (AvgIpc) is 2.61. The van der Waals surface area contributed by atoms with Crippen LogP contribution in [0.25, 0.3) is 0 Å². The Labute approximate surface area is 146 Å². The molecule has 1 aromatic heterocycles. The fourth-order valence-corrected chi connectivity index (χ4v) is 2.87. The molecule has 2 heterocycles. The van der Waals surface area contributed by atoms with Crippen LogP contribution in [0.5, 0.6) is 5.75 Å². The van der Waals surface area contributed by atoms with Gasteiger partial charge in [0.2, 0.25) is 5.95 Å². The number of aryl methyl sites for hydroxylation is 1. The fourth-order valence-electron chi connectivity index (χ4n) is 2.87. The van der Waals surface area contributed by atoms with Crippen LogP contribution in [0.3, 0.4) is 0 Å². The van der Waals surface area contributed by atoms with E-state index in [9.17, 15) is 8.78 Å². The molecule has 1 N–H and O–H groups in total. The molecule has 25 heavy (non-hydrogen) atoms. The van der Waals surface area contributed by atoms with Crippen LogP contribution in [-0.4, -0.2) is 36.1 Å². The summed E-state index contributed by atoms with van der Waals surface area (Å²) >= 11 is 0. The number of rotatable bonds is 5. The lowest BCUT2D eigenvalue weighted by atomic mass is 9.98. The lowest BCUT2D eigenvalue weighted by Crippen LogP contribution is -2.44. The van der Waals surface area contributed by atoms with E-state index in [4.69, 9.17) is 4.74 Å². The Morgan fingerprint density at radius 1 is 1.20 bits per heavy atom. The normalized spacial score (nSPS) is 15.3. The molecule has 0 atom stereocenters. The number of nitrogens with zero attached hydrogens (tertiary/aromatic N) is 3. The summed E-state index contributed by atoms with van der Waals surface area (Å²) < 4.78 is 33.2. The van der Waals surface area contributed by atoms with Crippen LogP contribution in [0, 0.1) is 6.92 Å². The number of hydrogen-bond donors (Lipinski definition) is 1. The number of hydrogen-bond acceptors (Lipinski definition) is 5. The van der Waals surface area contributed by atoms with E-state index in [1.165, 1.54) is 6.07 Å².